The van der Waals surface area contributed by atoms with E-state index in [0.29, 0.717) is 6.42 Å². The van der Waals surface area contributed by atoms with Gasteiger partial charge in [0.05, 0.1) is 7.11 Å². The number of phenolic OH excluding ortho intramolecular Hbond substituents is 1. The second-order valence-corrected chi connectivity index (χ2v) is 11.2. The van der Waals surface area contributed by atoms with E-state index in [1.54, 1.807) is 19.2 Å². The number of aromatic hydroxyl groups is 1. The van der Waals surface area contributed by atoms with Crippen molar-refractivity contribution < 1.29 is 19.5 Å². The van der Waals surface area contributed by atoms with Crippen LogP contribution < -0.4 is 10.6 Å². The van der Waals surface area contributed by atoms with Gasteiger partial charge in [0.15, 0.2) is 0 Å². The van der Waals surface area contributed by atoms with Crippen LogP contribution in [0.2, 0.25) is 0 Å². The number of amides is 2. The Morgan fingerprint density at radius 1 is 1.12 bits per heavy atom. The molecule has 1 saturated heterocycles. The Morgan fingerprint density at radius 3 is 2.21 bits per heavy atom. The fraction of sp³-hybridized carbons (Fsp3) is 0.692. The van der Waals surface area contributed by atoms with Gasteiger partial charge in [0.1, 0.15) is 5.75 Å². The summed E-state index contributed by atoms with van der Waals surface area (Å²) in [6.07, 6.45) is 3.27. The lowest BCUT2D eigenvalue weighted by Gasteiger charge is -2.53. The molecule has 0 unspecified atom stereocenters. The molecule has 184 valence electrons. The minimum absolute atomic E-state index is 0.0184. The molecule has 0 bridgehead atoms. The van der Waals surface area contributed by atoms with Crippen molar-refractivity contribution in [2.75, 3.05) is 7.11 Å². The summed E-state index contributed by atoms with van der Waals surface area (Å²) in [5, 5.41) is 18.0. The molecule has 2 amide bonds. The first-order chi connectivity index (χ1) is 15.3. The van der Waals surface area contributed by atoms with Crippen molar-refractivity contribution in [1.29, 1.82) is 0 Å². The average molecular weight is 460 g/mol. The number of carbonyl (C=O) groups is 2. The number of rotatable bonds is 8. The summed E-state index contributed by atoms with van der Waals surface area (Å²) in [6, 6.07) is 7.17. The number of nitrogens with one attached hydrogen (secondary N) is 2. The zero-order chi connectivity index (χ0) is 24.6. The first-order valence-corrected chi connectivity index (χ1v) is 12.0. The van der Waals surface area contributed by atoms with E-state index in [1.807, 2.05) is 24.1 Å². The number of phenols is 1. The molecule has 1 heterocycles. The highest BCUT2D eigenvalue weighted by atomic mass is 16.7. The number of carbonyl (C=O) groups excluding carboxylic acids is 2. The second-order valence-electron chi connectivity index (χ2n) is 11.2. The van der Waals surface area contributed by atoms with Crippen molar-refractivity contribution >= 4 is 11.8 Å². The smallest absolute Gasteiger partial charge is 0.223 e. The fourth-order valence-corrected chi connectivity index (χ4v) is 6.12. The maximum absolute atomic E-state index is 13.2. The van der Waals surface area contributed by atoms with Crippen LogP contribution in [0.15, 0.2) is 24.3 Å². The summed E-state index contributed by atoms with van der Waals surface area (Å²) in [5.41, 5.74) is 0.699. The molecule has 33 heavy (non-hydrogen) atoms. The van der Waals surface area contributed by atoms with Gasteiger partial charge in [-0.1, -0.05) is 19.1 Å². The number of benzene rings is 1. The Labute approximate surface area is 198 Å². The van der Waals surface area contributed by atoms with Gasteiger partial charge in [-0.2, -0.15) is 5.06 Å². The summed E-state index contributed by atoms with van der Waals surface area (Å²) >= 11 is 0. The van der Waals surface area contributed by atoms with Gasteiger partial charge in [-0.25, -0.2) is 0 Å². The molecule has 0 radical (unpaired) electrons. The molecular weight excluding hydrogens is 418 g/mol. The van der Waals surface area contributed by atoms with Crippen molar-refractivity contribution in [3.63, 3.8) is 0 Å². The zero-order valence-electron chi connectivity index (χ0n) is 21.1. The average Bonchev–Trinajstić information content (AvgIpc) is 3.47. The lowest BCUT2D eigenvalue weighted by Crippen LogP contribution is -2.63. The van der Waals surface area contributed by atoms with Gasteiger partial charge in [-0.05, 0) is 82.9 Å². The van der Waals surface area contributed by atoms with Gasteiger partial charge >= 0.3 is 0 Å². The third-order valence-corrected chi connectivity index (χ3v) is 7.36. The van der Waals surface area contributed by atoms with E-state index in [9.17, 15) is 14.7 Å². The van der Waals surface area contributed by atoms with E-state index in [0.717, 1.165) is 24.8 Å². The Morgan fingerprint density at radius 2 is 1.70 bits per heavy atom. The van der Waals surface area contributed by atoms with Crippen molar-refractivity contribution in [2.45, 2.75) is 90.4 Å². The van der Waals surface area contributed by atoms with E-state index >= 15 is 0 Å². The largest absolute Gasteiger partial charge is 0.508 e. The molecule has 1 aromatic rings. The molecule has 3 N–H and O–H groups in total. The van der Waals surface area contributed by atoms with Crippen LogP contribution in [0, 0.1) is 17.8 Å². The van der Waals surface area contributed by atoms with Crippen molar-refractivity contribution in [1.82, 2.24) is 15.7 Å². The molecule has 4 atom stereocenters. The van der Waals surface area contributed by atoms with Crippen LogP contribution in [-0.2, 0) is 20.8 Å². The maximum Gasteiger partial charge on any atom is 0.223 e. The molecule has 0 aromatic heterocycles. The van der Waals surface area contributed by atoms with Crippen LogP contribution in [0.5, 0.6) is 5.75 Å². The Bertz CT molecular complexity index is 834. The standard InChI is InChI=1S/C26H41N3O4/c1-16(24(32)28-19-14-25(3,4)29(33-7)26(5,6)15-19)21-13-22(21)23(27-17(2)30)12-18-8-10-20(31)11-9-18/h8-11,16,19,21-23,31H,12-15H2,1-7H3,(H,27,30)(H,28,32)/t16-,21-,22+,23-/m0/s1. The summed E-state index contributed by atoms with van der Waals surface area (Å²) < 4.78 is 0. The molecule has 3 rings (SSSR count). The summed E-state index contributed by atoms with van der Waals surface area (Å²) in [4.78, 5) is 30.7. The van der Waals surface area contributed by atoms with Crippen molar-refractivity contribution in [2.24, 2.45) is 17.8 Å². The number of hydrogen-bond donors (Lipinski definition) is 3. The molecule has 1 aliphatic carbocycles. The zero-order valence-corrected chi connectivity index (χ0v) is 21.1. The normalized spacial score (nSPS) is 26.3. The fourth-order valence-electron chi connectivity index (χ4n) is 6.12. The molecule has 2 fully saturated rings. The van der Waals surface area contributed by atoms with Crippen LogP contribution in [-0.4, -0.2) is 52.3 Å². The van der Waals surface area contributed by atoms with Crippen molar-refractivity contribution in [3.05, 3.63) is 29.8 Å². The summed E-state index contributed by atoms with van der Waals surface area (Å²) in [5.74, 6) is 0.669. The van der Waals surface area contributed by atoms with E-state index in [4.69, 9.17) is 4.84 Å². The lowest BCUT2D eigenvalue weighted by molar-refractivity contribution is -0.267. The van der Waals surface area contributed by atoms with E-state index in [2.05, 4.69) is 38.3 Å². The van der Waals surface area contributed by atoms with Crippen LogP contribution in [0.3, 0.4) is 0 Å². The number of hydroxylamine groups is 2. The number of piperidine rings is 1. The SMILES string of the molecule is CON1C(C)(C)CC(NC(=O)[C@@H](C)[C@@H]2C[C@H]2[C@H](Cc2ccc(O)cc2)NC(C)=O)CC1(C)C. The van der Waals surface area contributed by atoms with Crippen LogP contribution in [0.4, 0.5) is 0 Å². The second kappa shape index (κ2) is 9.63. The molecular formula is C26H41N3O4. The first-order valence-electron chi connectivity index (χ1n) is 12.0. The van der Waals surface area contributed by atoms with Gasteiger partial charge in [-0.3, -0.25) is 9.59 Å². The Hall–Kier alpha value is -2.12. The molecule has 0 spiro atoms. The lowest BCUT2D eigenvalue weighted by atomic mass is 9.78. The van der Waals surface area contributed by atoms with Gasteiger partial charge in [0.25, 0.3) is 0 Å². The molecule has 7 nitrogen and oxygen atoms in total. The van der Waals surface area contributed by atoms with E-state index in [1.165, 1.54) is 6.92 Å². The highest BCUT2D eigenvalue weighted by molar-refractivity contribution is 5.79. The van der Waals surface area contributed by atoms with Gasteiger partial charge in [-0.15, -0.1) is 0 Å². The number of nitrogens with zero attached hydrogens (tertiary/aromatic N) is 1. The van der Waals surface area contributed by atoms with Crippen LogP contribution in [0.25, 0.3) is 0 Å². The molecule has 1 aromatic carbocycles. The number of hydrogen-bond acceptors (Lipinski definition) is 5. The highest BCUT2D eigenvalue weighted by Crippen LogP contribution is 2.47. The quantitative estimate of drug-likeness (QED) is 0.554. The Balaban J connectivity index is 1.61. The maximum atomic E-state index is 13.2. The molecule has 7 heteroatoms. The molecule has 1 aliphatic heterocycles. The topological polar surface area (TPSA) is 90.9 Å². The first kappa shape index (κ1) is 25.5. The van der Waals surface area contributed by atoms with Gasteiger partial charge < -0.3 is 20.6 Å². The predicted molar refractivity (Wildman–Crippen MR) is 128 cm³/mol. The van der Waals surface area contributed by atoms with Crippen LogP contribution in [0.1, 0.15) is 66.4 Å². The molecule has 1 saturated carbocycles. The third-order valence-electron chi connectivity index (χ3n) is 7.36. The Kier molecular flexibility index (Phi) is 7.44. The predicted octanol–water partition coefficient (Wildman–Crippen LogP) is 3.41. The van der Waals surface area contributed by atoms with Gasteiger partial charge in [0, 0.05) is 36.0 Å². The monoisotopic (exact) mass is 459 g/mol. The van der Waals surface area contributed by atoms with Crippen LogP contribution >= 0.6 is 0 Å². The third kappa shape index (κ3) is 6.07. The molecule has 2 aliphatic rings. The van der Waals surface area contributed by atoms with Crippen molar-refractivity contribution in [3.8, 4) is 5.75 Å². The van der Waals surface area contributed by atoms with E-state index in [-0.39, 0.29) is 58.5 Å². The van der Waals surface area contributed by atoms with E-state index < -0.39 is 0 Å². The minimum atomic E-state index is -0.180. The highest BCUT2D eigenvalue weighted by Gasteiger charge is 2.50. The minimum Gasteiger partial charge on any atom is -0.508 e. The summed E-state index contributed by atoms with van der Waals surface area (Å²) in [6.45, 7) is 12.1. The van der Waals surface area contributed by atoms with Gasteiger partial charge in [0.2, 0.25) is 11.8 Å². The summed E-state index contributed by atoms with van der Waals surface area (Å²) in [7, 11) is 1.71.